The quantitative estimate of drug-likeness (QED) is 0.265. The largest absolute Gasteiger partial charge is 0.507 e. The number of aliphatic hydroxyl groups excluding tert-OH is 1. The predicted molar refractivity (Wildman–Crippen MR) is 125 cm³/mol. The Labute approximate surface area is 189 Å². The van der Waals surface area contributed by atoms with E-state index in [1.54, 1.807) is 47.4 Å². The summed E-state index contributed by atoms with van der Waals surface area (Å²) in [4.78, 5) is 29.8. The van der Waals surface area contributed by atoms with Crippen LogP contribution in [0.25, 0.3) is 5.76 Å². The number of rotatable bonds is 10. The maximum Gasteiger partial charge on any atom is 0.295 e. The Balaban J connectivity index is 2.04. The van der Waals surface area contributed by atoms with E-state index in [1.165, 1.54) is 0 Å². The van der Waals surface area contributed by atoms with Crippen molar-refractivity contribution in [3.63, 3.8) is 0 Å². The SMILES string of the molecule is C=CCOc1ccc([C@H]2/C(=C(\O)c3ccccc3)C(=O)C(=O)N2CCN(CC)CC)cc1. The summed E-state index contributed by atoms with van der Waals surface area (Å²) in [6.07, 6.45) is 1.66. The van der Waals surface area contributed by atoms with Crippen LogP contribution >= 0.6 is 0 Å². The fourth-order valence-electron chi connectivity index (χ4n) is 3.90. The average molecular weight is 435 g/mol. The van der Waals surface area contributed by atoms with Gasteiger partial charge in [-0.1, -0.05) is 69.0 Å². The number of likely N-dealkylation sites (tertiary alicyclic amines) is 1. The number of hydrogen-bond donors (Lipinski definition) is 1. The highest BCUT2D eigenvalue weighted by Crippen LogP contribution is 2.39. The molecule has 2 aromatic rings. The molecular weight excluding hydrogens is 404 g/mol. The molecule has 0 radical (unpaired) electrons. The Morgan fingerprint density at radius 2 is 1.75 bits per heavy atom. The van der Waals surface area contributed by atoms with Crippen LogP contribution in [0.5, 0.6) is 5.75 Å². The number of ketones is 1. The monoisotopic (exact) mass is 434 g/mol. The summed E-state index contributed by atoms with van der Waals surface area (Å²) in [5.41, 5.74) is 1.36. The van der Waals surface area contributed by atoms with Gasteiger partial charge in [0.05, 0.1) is 11.6 Å². The van der Waals surface area contributed by atoms with Crippen molar-refractivity contribution in [3.8, 4) is 5.75 Å². The van der Waals surface area contributed by atoms with E-state index in [2.05, 4.69) is 25.3 Å². The first-order chi connectivity index (χ1) is 15.5. The standard InChI is InChI=1S/C26H30N2O4/c1-4-18-32-21-14-12-19(13-15-21)23-22(24(29)20-10-8-7-9-11-20)25(30)26(31)28(23)17-16-27(5-2)6-3/h4,7-15,23,29H,1,5-6,16-18H2,2-3H3/b24-22+/t23-/m0/s1. The Bertz CT molecular complexity index is 979. The minimum Gasteiger partial charge on any atom is -0.507 e. The van der Waals surface area contributed by atoms with Crippen molar-refractivity contribution in [2.24, 2.45) is 0 Å². The minimum absolute atomic E-state index is 0.112. The van der Waals surface area contributed by atoms with Gasteiger partial charge in [0.1, 0.15) is 18.1 Å². The van der Waals surface area contributed by atoms with E-state index in [-0.39, 0.29) is 11.3 Å². The molecule has 0 saturated carbocycles. The Hall–Kier alpha value is -3.38. The van der Waals surface area contributed by atoms with E-state index in [4.69, 9.17) is 4.74 Å². The summed E-state index contributed by atoms with van der Waals surface area (Å²) in [7, 11) is 0. The number of hydrogen-bond acceptors (Lipinski definition) is 5. The topological polar surface area (TPSA) is 70.1 Å². The number of amides is 1. The van der Waals surface area contributed by atoms with Crippen molar-refractivity contribution in [1.29, 1.82) is 0 Å². The minimum atomic E-state index is -0.667. The van der Waals surface area contributed by atoms with Crippen LogP contribution in [0.1, 0.15) is 31.0 Å². The highest BCUT2D eigenvalue weighted by atomic mass is 16.5. The van der Waals surface area contributed by atoms with Crippen LogP contribution in [0.3, 0.4) is 0 Å². The molecule has 6 nitrogen and oxygen atoms in total. The lowest BCUT2D eigenvalue weighted by Gasteiger charge is -2.28. The Morgan fingerprint density at radius 1 is 1.09 bits per heavy atom. The van der Waals surface area contributed by atoms with Gasteiger partial charge in [0.15, 0.2) is 0 Å². The first-order valence-electron chi connectivity index (χ1n) is 10.9. The molecule has 1 heterocycles. The molecule has 1 fully saturated rings. The number of aliphatic hydroxyl groups is 1. The van der Waals surface area contributed by atoms with Crippen molar-refractivity contribution in [1.82, 2.24) is 9.80 Å². The van der Waals surface area contributed by atoms with E-state index in [1.807, 2.05) is 18.2 Å². The van der Waals surface area contributed by atoms with Gasteiger partial charge >= 0.3 is 0 Å². The number of carbonyl (C=O) groups is 2. The zero-order chi connectivity index (χ0) is 23.1. The van der Waals surface area contributed by atoms with Crippen LogP contribution in [0.2, 0.25) is 0 Å². The average Bonchev–Trinajstić information content (AvgIpc) is 3.08. The van der Waals surface area contributed by atoms with Crippen molar-refractivity contribution < 1.29 is 19.4 Å². The summed E-state index contributed by atoms with van der Waals surface area (Å²) in [6, 6.07) is 15.4. The summed E-state index contributed by atoms with van der Waals surface area (Å²) < 4.78 is 5.56. The number of nitrogens with zero attached hydrogens (tertiary/aromatic N) is 2. The van der Waals surface area contributed by atoms with E-state index >= 15 is 0 Å². The number of Topliss-reactive ketones (excluding diaryl/α,β-unsaturated/α-hetero) is 1. The molecule has 1 amide bonds. The van der Waals surface area contributed by atoms with Gasteiger partial charge in [-0.2, -0.15) is 0 Å². The van der Waals surface area contributed by atoms with Crippen LogP contribution in [-0.4, -0.2) is 59.4 Å². The molecule has 1 aliphatic rings. The van der Waals surface area contributed by atoms with Crippen LogP contribution in [0.4, 0.5) is 0 Å². The summed E-state index contributed by atoms with van der Waals surface area (Å²) in [5.74, 6) is -0.752. The van der Waals surface area contributed by atoms with Gasteiger partial charge in [-0.15, -0.1) is 0 Å². The predicted octanol–water partition coefficient (Wildman–Crippen LogP) is 4.01. The van der Waals surface area contributed by atoms with Crippen molar-refractivity contribution in [2.45, 2.75) is 19.9 Å². The Morgan fingerprint density at radius 3 is 2.34 bits per heavy atom. The third-order valence-corrected chi connectivity index (χ3v) is 5.70. The van der Waals surface area contributed by atoms with Crippen LogP contribution in [-0.2, 0) is 9.59 Å². The zero-order valence-corrected chi connectivity index (χ0v) is 18.7. The summed E-state index contributed by atoms with van der Waals surface area (Å²) in [6.45, 7) is 10.9. The molecule has 1 saturated heterocycles. The third-order valence-electron chi connectivity index (χ3n) is 5.70. The number of benzene rings is 2. The molecule has 1 N–H and O–H groups in total. The van der Waals surface area contributed by atoms with Gasteiger partial charge in [-0.05, 0) is 30.8 Å². The number of likely N-dealkylation sites (N-methyl/N-ethyl adjacent to an activating group) is 1. The molecule has 2 aromatic carbocycles. The first-order valence-corrected chi connectivity index (χ1v) is 10.9. The fourth-order valence-corrected chi connectivity index (χ4v) is 3.90. The van der Waals surface area contributed by atoms with Gasteiger partial charge < -0.3 is 19.6 Å². The molecule has 1 aliphatic heterocycles. The first kappa shape index (κ1) is 23.3. The van der Waals surface area contributed by atoms with Crippen molar-refractivity contribution >= 4 is 17.4 Å². The van der Waals surface area contributed by atoms with Crippen LogP contribution in [0.15, 0.2) is 72.8 Å². The molecule has 3 rings (SSSR count). The second kappa shape index (κ2) is 10.8. The van der Waals surface area contributed by atoms with E-state index in [9.17, 15) is 14.7 Å². The van der Waals surface area contributed by atoms with E-state index in [0.717, 1.165) is 18.7 Å². The Kier molecular flexibility index (Phi) is 7.84. The second-order valence-corrected chi connectivity index (χ2v) is 7.55. The molecular formula is C26H30N2O4. The third kappa shape index (κ3) is 4.92. The smallest absolute Gasteiger partial charge is 0.295 e. The molecule has 1 atom stereocenters. The maximum atomic E-state index is 13.0. The van der Waals surface area contributed by atoms with Gasteiger partial charge in [-0.25, -0.2) is 0 Å². The maximum absolute atomic E-state index is 13.0. The van der Waals surface area contributed by atoms with Crippen LogP contribution in [0, 0.1) is 0 Å². The second-order valence-electron chi connectivity index (χ2n) is 7.55. The number of ether oxygens (including phenoxy) is 1. The molecule has 0 bridgehead atoms. The van der Waals surface area contributed by atoms with Gasteiger partial charge in [0, 0.05) is 18.7 Å². The van der Waals surface area contributed by atoms with E-state index in [0.29, 0.717) is 31.0 Å². The molecule has 0 aliphatic carbocycles. The van der Waals surface area contributed by atoms with Crippen LogP contribution < -0.4 is 4.74 Å². The van der Waals surface area contributed by atoms with Crippen molar-refractivity contribution in [3.05, 3.63) is 84.0 Å². The van der Waals surface area contributed by atoms with Gasteiger partial charge in [0.25, 0.3) is 11.7 Å². The fraction of sp³-hybridized carbons (Fsp3) is 0.308. The molecule has 32 heavy (non-hydrogen) atoms. The highest BCUT2D eigenvalue weighted by Gasteiger charge is 2.45. The summed E-state index contributed by atoms with van der Waals surface area (Å²) >= 11 is 0. The summed E-state index contributed by atoms with van der Waals surface area (Å²) in [5, 5.41) is 11.0. The molecule has 0 spiro atoms. The molecule has 0 unspecified atom stereocenters. The molecule has 0 aromatic heterocycles. The molecule has 168 valence electrons. The van der Waals surface area contributed by atoms with E-state index < -0.39 is 17.7 Å². The number of carbonyl (C=O) groups excluding carboxylic acids is 2. The normalized spacial score (nSPS) is 17.7. The zero-order valence-electron chi connectivity index (χ0n) is 18.7. The lowest BCUT2D eigenvalue weighted by molar-refractivity contribution is -0.140. The lowest BCUT2D eigenvalue weighted by atomic mass is 9.95. The van der Waals surface area contributed by atoms with Gasteiger partial charge in [0.2, 0.25) is 0 Å². The molecule has 6 heteroatoms. The van der Waals surface area contributed by atoms with Crippen molar-refractivity contribution in [2.75, 3.05) is 32.8 Å². The highest BCUT2D eigenvalue weighted by molar-refractivity contribution is 6.46. The lowest BCUT2D eigenvalue weighted by Crippen LogP contribution is -2.38. The van der Waals surface area contributed by atoms with Gasteiger partial charge in [-0.3, -0.25) is 9.59 Å².